The molecule has 0 aromatic carbocycles. The third-order valence-electron chi connectivity index (χ3n) is 1.57. The Kier molecular flexibility index (Phi) is 3.41. The number of nitrogens with one attached hydrogen (secondary N) is 2. The van der Waals surface area contributed by atoms with E-state index in [9.17, 15) is 9.59 Å². The summed E-state index contributed by atoms with van der Waals surface area (Å²) in [5.74, 6) is -0.399. The number of pyridine rings is 1. The topological polar surface area (TPSA) is 82.2 Å². The summed E-state index contributed by atoms with van der Waals surface area (Å²) in [6.07, 6.45) is -0.602. The van der Waals surface area contributed by atoms with Crippen molar-refractivity contribution in [1.82, 2.24) is 10.3 Å². The lowest BCUT2D eigenvalue weighted by Gasteiger charge is -2.06. The molecule has 0 aliphatic rings. The molecule has 1 rings (SSSR count). The van der Waals surface area contributed by atoms with Crippen molar-refractivity contribution in [2.45, 2.75) is 13.0 Å². The summed E-state index contributed by atoms with van der Waals surface area (Å²) in [7, 11) is 0. The number of aliphatic hydroxyl groups is 1. The number of H-pyrrole nitrogens is 1. The number of carbonyl (C=O) groups excluding carboxylic acids is 1. The number of hydrogen-bond donors (Lipinski definition) is 3. The van der Waals surface area contributed by atoms with Gasteiger partial charge in [0.05, 0.1) is 6.10 Å². The predicted octanol–water partition coefficient (Wildman–Crippen LogP) is -0.514. The Morgan fingerprint density at radius 3 is 2.93 bits per heavy atom. The van der Waals surface area contributed by atoms with Gasteiger partial charge in [0.25, 0.3) is 5.91 Å². The number of aromatic nitrogens is 1. The molecule has 1 aromatic heterocycles. The van der Waals surface area contributed by atoms with Crippen LogP contribution in [0.25, 0.3) is 0 Å². The fraction of sp³-hybridized carbons (Fsp3) is 0.333. The smallest absolute Gasteiger partial charge is 0.267 e. The molecule has 76 valence electrons. The molecule has 0 radical (unpaired) electrons. The van der Waals surface area contributed by atoms with Crippen molar-refractivity contribution in [3.05, 3.63) is 34.2 Å². The van der Waals surface area contributed by atoms with Gasteiger partial charge in [-0.25, -0.2) is 0 Å². The molecule has 0 unspecified atom stereocenters. The second kappa shape index (κ2) is 4.57. The van der Waals surface area contributed by atoms with Gasteiger partial charge < -0.3 is 15.4 Å². The zero-order chi connectivity index (χ0) is 10.6. The van der Waals surface area contributed by atoms with Crippen molar-refractivity contribution in [2.75, 3.05) is 6.54 Å². The van der Waals surface area contributed by atoms with E-state index in [1.54, 1.807) is 6.92 Å². The summed E-state index contributed by atoms with van der Waals surface area (Å²) in [5, 5.41) is 11.4. The standard InChI is InChI=1S/C9H12N2O3/c1-6(12)5-10-9(14)7-3-2-4-8(13)11-7/h2-4,6,12H,5H2,1H3,(H,10,14)(H,11,13)/t6-/m0/s1. The minimum atomic E-state index is -0.602. The first-order valence-corrected chi connectivity index (χ1v) is 4.25. The third kappa shape index (κ3) is 3.02. The lowest BCUT2D eigenvalue weighted by atomic mass is 10.3. The van der Waals surface area contributed by atoms with Crippen molar-refractivity contribution in [1.29, 1.82) is 0 Å². The number of hydrogen-bond acceptors (Lipinski definition) is 3. The Bertz CT molecular complexity index is 370. The highest BCUT2D eigenvalue weighted by molar-refractivity contribution is 5.92. The zero-order valence-corrected chi connectivity index (χ0v) is 7.78. The molecule has 3 N–H and O–H groups in total. The van der Waals surface area contributed by atoms with Crippen LogP contribution in [-0.4, -0.2) is 28.6 Å². The van der Waals surface area contributed by atoms with E-state index in [0.717, 1.165) is 0 Å². The van der Waals surface area contributed by atoms with Crippen molar-refractivity contribution in [3.8, 4) is 0 Å². The van der Waals surface area contributed by atoms with Gasteiger partial charge in [-0.3, -0.25) is 9.59 Å². The minimum absolute atomic E-state index is 0.162. The van der Waals surface area contributed by atoms with Gasteiger partial charge in [0, 0.05) is 12.6 Å². The van der Waals surface area contributed by atoms with E-state index in [4.69, 9.17) is 5.11 Å². The molecule has 1 amide bonds. The molecule has 0 bridgehead atoms. The monoisotopic (exact) mass is 196 g/mol. The van der Waals surface area contributed by atoms with Gasteiger partial charge in [-0.15, -0.1) is 0 Å². The van der Waals surface area contributed by atoms with E-state index in [1.165, 1.54) is 18.2 Å². The summed E-state index contributed by atoms with van der Waals surface area (Å²) in [6.45, 7) is 1.73. The van der Waals surface area contributed by atoms with E-state index in [2.05, 4.69) is 10.3 Å². The molecule has 0 saturated heterocycles. The van der Waals surface area contributed by atoms with Gasteiger partial charge in [0.15, 0.2) is 0 Å². The van der Waals surface area contributed by atoms with Gasteiger partial charge in [0.1, 0.15) is 5.69 Å². The molecule has 0 aliphatic heterocycles. The molecule has 14 heavy (non-hydrogen) atoms. The van der Waals surface area contributed by atoms with Crippen LogP contribution in [0.3, 0.4) is 0 Å². The van der Waals surface area contributed by atoms with Crippen LogP contribution < -0.4 is 10.9 Å². The lowest BCUT2D eigenvalue weighted by Crippen LogP contribution is -2.31. The average molecular weight is 196 g/mol. The Morgan fingerprint density at radius 2 is 2.36 bits per heavy atom. The van der Waals surface area contributed by atoms with Gasteiger partial charge in [-0.1, -0.05) is 6.07 Å². The molecule has 1 heterocycles. The van der Waals surface area contributed by atoms with E-state index in [0.29, 0.717) is 0 Å². The van der Waals surface area contributed by atoms with E-state index < -0.39 is 12.0 Å². The first-order valence-electron chi connectivity index (χ1n) is 4.25. The Balaban J connectivity index is 2.65. The van der Waals surface area contributed by atoms with Crippen molar-refractivity contribution in [2.24, 2.45) is 0 Å². The fourth-order valence-corrected chi connectivity index (χ4v) is 0.916. The van der Waals surface area contributed by atoms with Gasteiger partial charge in [-0.05, 0) is 13.0 Å². The van der Waals surface area contributed by atoms with Crippen LogP contribution in [-0.2, 0) is 0 Å². The maximum atomic E-state index is 11.3. The zero-order valence-electron chi connectivity index (χ0n) is 7.78. The van der Waals surface area contributed by atoms with Crippen LogP contribution in [0.15, 0.2) is 23.0 Å². The Morgan fingerprint density at radius 1 is 1.64 bits per heavy atom. The highest BCUT2D eigenvalue weighted by Gasteiger charge is 2.05. The van der Waals surface area contributed by atoms with Crippen molar-refractivity contribution in [3.63, 3.8) is 0 Å². The first kappa shape index (κ1) is 10.5. The molecule has 0 saturated carbocycles. The molecule has 0 spiro atoms. The van der Waals surface area contributed by atoms with Crippen molar-refractivity contribution < 1.29 is 9.90 Å². The van der Waals surface area contributed by atoms with Crippen LogP contribution >= 0.6 is 0 Å². The van der Waals surface area contributed by atoms with Gasteiger partial charge in [-0.2, -0.15) is 0 Å². The van der Waals surface area contributed by atoms with Crippen LogP contribution in [0.1, 0.15) is 17.4 Å². The van der Waals surface area contributed by atoms with Crippen LogP contribution in [0, 0.1) is 0 Å². The molecular formula is C9H12N2O3. The molecule has 0 fully saturated rings. The summed E-state index contributed by atoms with van der Waals surface area (Å²) >= 11 is 0. The van der Waals surface area contributed by atoms with Crippen LogP contribution in [0.5, 0.6) is 0 Å². The molecule has 1 atom stereocenters. The van der Waals surface area contributed by atoms with Gasteiger partial charge >= 0.3 is 0 Å². The minimum Gasteiger partial charge on any atom is -0.392 e. The number of rotatable bonds is 3. The highest BCUT2D eigenvalue weighted by atomic mass is 16.3. The summed E-state index contributed by atoms with van der Waals surface area (Å²) < 4.78 is 0. The average Bonchev–Trinajstić information content (AvgIpc) is 2.14. The predicted molar refractivity (Wildman–Crippen MR) is 51.1 cm³/mol. The molecule has 5 heteroatoms. The number of carbonyl (C=O) groups is 1. The molecule has 1 aromatic rings. The maximum Gasteiger partial charge on any atom is 0.267 e. The largest absolute Gasteiger partial charge is 0.392 e. The highest BCUT2D eigenvalue weighted by Crippen LogP contribution is 1.89. The Hall–Kier alpha value is -1.62. The summed E-state index contributed by atoms with van der Waals surface area (Å²) in [4.78, 5) is 24.5. The van der Waals surface area contributed by atoms with E-state index in [1.807, 2.05) is 0 Å². The fourth-order valence-electron chi connectivity index (χ4n) is 0.916. The maximum absolute atomic E-state index is 11.3. The second-order valence-corrected chi connectivity index (χ2v) is 2.99. The lowest BCUT2D eigenvalue weighted by molar-refractivity contribution is 0.0919. The van der Waals surface area contributed by atoms with Gasteiger partial charge in [0.2, 0.25) is 5.56 Å². The third-order valence-corrected chi connectivity index (χ3v) is 1.57. The molecular weight excluding hydrogens is 184 g/mol. The van der Waals surface area contributed by atoms with Crippen molar-refractivity contribution >= 4 is 5.91 Å². The van der Waals surface area contributed by atoms with E-state index in [-0.39, 0.29) is 17.8 Å². The first-order chi connectivity index (χ1) is 6.59. The second-order valence-electron chi connectivity index (χ2n) is 2.99. The normalized spacial score (nSPS) is 12.1. The quantitative estimate of drug-likeness (QED) is 0.608. The number of aromatic amines is 1. The summed E-state index contributed by atoms with van der Waals surface area (Å²) in [6, 6.07) is 4.32. The molecule has 5 nitrogen and oxygen atoms in total. The van der Waals surface area contributed by atoms with E-state index >= 15 is 0 Å². The SMILES string of the molecule is C[C@H](O)CNC(=O)c1cccc(=O)[nH]1. The number of amides is 1. The molecule has 0 aliphatic carbocycles. The van der Waals surface area contributed by atoms with Crippen LogP contribution in [0.4, 0.5) is 0 Å². The summed E-state index contributed by atoms with van der Waals surface area (Å²) in [5.41, 5.74) is -0.132. The van der Waals surface area contributed by atoms with Crippen LogP contribution in [0.2, 0.25) is 0 Å². The number of aliphatic hydroxyl groups excluding tert-OH is 1. The Labute approximate surface area is 80.8 Å².